The van der Waals surface area contributed by atoms with Crippen molar-refractivity contribution in [2.75, 3.05) is 18.4 Å². The Bertz CT molecular complexity index is 736. The summed E-state index contributed by atoms with van der Waals surface area (Å²) < 4.78 is 1.70. The fourth-order valence-electron chi connectivity index (χ4n) is 2.04. The highest BCUT2D eigenvalue weighted by molar-refractivity contribution is 7.16. The van der Waals surface area contributed by atoms with Gasteiger partial charge in [-0.2, -0.15) is 5.26 Å². The molecule has 3 heterocycles. The summed E-state index contributed by atoms with van der Waals surface area (Å²) in [6.07, 6.45) is 1.64. The van der Waals surface area contributed by atoms with Gasteiger partial charge in [-0.05, 0) is 19.4 Å². The molecule has 21 heavy (non-hydrogen) atoms. The second-order valence-electron chi connectivity index (χ2n) is 4.95. The highest BCUT2D eigenvalue weighted by atomic mass is 32.1. The van der Waals surface area contributed by atoms with Crippen molar-refractivity contribution >= 4 is 22.2 Å². The van der Waals surface area contributed by atoms with E-state index in [1.165, 1.54) is 11.3 Å². The average Bonchev–Trinajstić information content (AvgIpc) is 2.95. The normalized spacial score (nSPS) is 14.5. The first-order valence-corrected chi connectivity index (χ1v) is 7.35. The van der Waals surface area contributed by atoms with Crippen molar-refractivity contribution in [3.8, 4) is 6.07 Å². The third kappa shape index (κ3) is 2.41. The van der Waals surface area contributed by atoms with E-state index in [-0.39, 0.29) is 17.6 Å². The molecule has 7 nitrogen and oxygen atoms in total. The minimum Gasteiger partial charge on any atom is -0.312 e. The van der Waals surface area contributed by atoms with Crippen LogP contribution in [0.1, 0.15) is 32.5 Å². The molecule has 0 atom stereocenters. The van der Waals surface area contributed by atoms with E-state index in [4.69, 9.17) is 0 Å². The number of aryl methyl sites for hydroxylation is 1. The van der Waals surface area contributed by atoms with Gasteiger partial charge in [0.2, 0.25) is 0 Å². The number of hydrogen-bond acceptors (Lipinski definition) is 6. The average molecular weight is 302 g/mol. The molecule has 0 aliphatic carbocycles. The Kier molecular flexibility index (Phi) is 3.45. The maximum absolute atomic E-state index is 12.2. The van der Waals surface area contributed by atoms with Gasteiger partial charge in [-0.3, -0.25) is 4.79 Å². The van der Waals surface area contributed by atoms with Crippen LogP contribution in [-0.4, -0.2) is 34.0 Å². The van der Waals surface area contributed by atoms with Gasteiger partial charge in [0.05, 0.1) is 17.8 Å². The summed E-state index contributed by atoms with van der Waals surface area (Å²) in [7, 11) is 0. The molecule has 0 bridgehead atoms. The van der Waals surface area contributed by atoms with Gasteiger partial charge in [0, 0.05) is 18.0 Å². The Morgan fingerprint density at radius 2 is 2.33 bits per heavy atom. The monoisotopic (exact) mass is 302 g/mol. The Balaban J connectivity index is 1.79. The van der Waals surface area contributed by atoms with E-state index >= 15 is 0 Å². The first kappa shape index (κ1) is 13.7. The lowest BCUT2D eigenvalue weighted by Crippen LogP contribution is -2.43. The van der Waals surface area contributed by atoms with Crippen LogP contribution in [0, 0.1) is 25.2 Å². The zero-order valence-corrected chi connectivity index (χ0v) is 12.5. The predicted octanol–water partition coefficient (Wildman–Crippen LogP) is 1.22. The third-order valence-corrected chi connectivity index (χ3v) is 4.72. The van der Waals surface area contributed by atoms with Crippen LogP contribution in [0.15, 0.2) is 6.20 Å². The summed E-state index contributed by atoms with van der Waals surface area (Å²) in [5.41, 5.74) is 1.68. The standard InChI is InChI=1S/C13H14N6OS/c1-7-8(2)21-13(10(7)3-14)16-12(20)11-6-19(18-17-11)9-4-15-5-9/h6,9,15H,4-5H2,1-2H3,(H,16,20). The number of amides is 1. The lowest BCUT2D eigenvalue weighted by Gasteiger charge is -2.26. The molecular formula is C13H14N6OS. The number of nitrogens with zero attached hydrogens (tertiary/aromatic N) is 4. The molecule has 0 unspecified atom stereocenters. The second-order valence-corrected chi connectivity index (χ2v) is 6.17. The molecule has 0 spiro atoms. The first-order valence-electron chi connectivity index (χ1n) is 6.54. The summed E-state index contributed by atoms with van der Waals surface area (Å²) in [5.74, 6) is -0.341. The SMILES string of the molecule is Cc1sc(NC(=O)c2cn(C3CNC3)nn2)c(C#N)c1C. The summed E-state index contributed by atoms with van der Waals surface area (Å²) in [6.45, 7) is 5.48. The number of rotatable bonds is 3. The van der Waals surface area contributed by atoms with Gasteiger partial charge in [0.15, 0.2) is 5.69 Å². The van der Waals surface area contributed by atoms with E-state index in [2.05, 4.69) is 27.0 Å². The molecule has 1 aliphatic heterocycles. The van der Waals surface area contributed by atoms with E-state index in [1.54, 1.807) is 10.9 Å². The van der Waals surface area contributed by atoms with Crippen LogP contribution in [0.4, 0.5) is 5.00 Å². The number of nitriles is 1. The van der Waals surface area contributed by atoms with E-state index in [1.807, 2.05) is 13.8 Å². The molecule has 0 radical (unpaired) electrons. The zero-order chi connectivity index (χ0) is 15.0. The molecule has 2 aromatic rings. The van der Waals surface area contributed by atoms with Gasteiger partial charge in [0.1, 0.15) is 11.1 Å². The quantitative estimate of drug-likeness (QED) is 0.889. The Morgan fingerprint density at radius 3 is 2.95 bits per heavy atom. The van der Waals surface area contributed by atoms with E-state index in [0.717, 1.165) is 23.5 Å². The fourth-order valence-corrected chi connectivity index (χ4v) is 3.04. The molecule has 8 heteroatoms. The van der Waals surface area contributed by atoms with Crippen LogP contribution in [0.3, 0.4) is 0 Å². The molecule has 1 saturated heterocycles. The summed E-state index contributed by atoms with van der Waals surface area (Å²) >= 11 is 1.40. The van der Waals surface area contributed by atoms with Crippen molar-refractivity contribution in [1.29, 1.82) is 5.26 Å². The van der Waals surface area contributed by atoms with Gasteiger partial charge in [0.25, 0.3) is 5.91 Å². The van der Waals surface area contributed by atoms with Gasteiger partial charge in [-0.1, -0.05) is 5.21 Å². The maximum Gasteiger partial charge on any atom is 0.278 e. The molecule has 2 aromatic heterocycles. The number of nitrogens with one attached hydrogen (secondary N) is 2. The molecular weight excluding hydrogens is 288 g/mol. The molecule has 0 aromatic carbocycles. The highest BCUT2D eigenvalue weighted by Crippen LogP contribution is 2.31. The van der Waals surface area contributed by atoms with Crippen molar-refractivity contribution in [3.63, 3.8) is 0 Å². The van der Waals surface area contributed by atoms with E-state index < -0.39 is 0 Å². The maximum atomic E-state index is 12.2. The molecule has 1 amide bonds. The number of thiophene rings is 1. The van der Waals surface area contributed by atoms with Crippen LogP contribution >= 0.6 is 11.3 Å². The van der Waals surface area contributed by atoms with Crippen molar-refractivity contribution in [2.45, 2.75) is 19.9 Å². The number of carbonyl (C=O) groups is 1. The second kappa shape index (κ2) is 5.27. The van der Waals surface area contributed by atoms with Crippen LogP contribution in [0.2, 0.25) is 0 Å². The van der Waals surface area contributed by atoms with Gasteiger partial charge >= 0.3 is 0 Å². The van der Waals surface area contributed by atoms with Gasteiger partial charge in [-0.15, -0.1) is 16.4 Å². The van der Waals surface area contributed by atoms with Crippen molar-refractivity contribution < 1.29 is 4.79 Å². The summed E-state index contributed by atoms with van der Waals surface area (Å²) in [5, 5.41) is 23.5. The molecule has 3 rings (SSSR count). The van der Waals surface area contributed by atoms with Crippen molar-refractivity contribution in [1.82, 2.24) is 20.3 Å². The smallest absolute Gasteiger partial charge is 0.278 e. The minimum absolute atomic E-state index is 0.259. The molecule has 2 N–H and O–H groups in total. The van der Waals surface area contributed by atoms with Gasteiger partial charge < -0.3 is 10.6 Å². The van der Waals surface area contributed by atoms with E-state index in [0.29, 0.717) is 10.6 Å². The largest absolute Gasteiger partial charge is 0.312 e. The van der Waals surface area contributed by atoms with Crippen molar-refractivity contribution in [3.05, 3.63) is 27.9 Å². The minimum atomic E-state index is -0.341. The van der Waals surface area contributed by atoms with Gasteiger partial charge in [-0.25, -0.2) is 4.68 Å². The summed E-state index contributed by atoms with van der Waals surface area (Å²) in [4.78, 5) is 13.2. The zero-order valence-electron chi connectivity index (χ0n) is 11.7. The van der Waals surface area contributed by atoms with Crippen LogP contribution in [-0.2, 0) is 0 Å². The number of aromatic nitrogens is 3. The number of hydrogen-bond donors (Lipinski definition) is 2. The van der Waals surface area contributed by atoms with Crippen LogP contribution in [0.5, 0.6) is 0 Å². The Morgan fingerprint density at radius 1 is 1.57 bits per heavy atom. The number of carbonyl (C=O) groups excluding carboxylic acids is 1. The lowest BCUT2D eigenvalue weighted by atomic mass is 10.2. The molecule has 1 fully saturated rings. The predicted molar refractivity (Wildman–Crippen MR) is 78.4 cm³/mol. The van der Waals surface area contributed by atoms with E-state index in [9.17, 15) is 10.1 Å². The topological polar surface area (TPSA) is 95.6 Å². The van der Waals surface area contributed by atoms with Crippen molar-refractivity contribution in [2.24, 2.45) is 0 Å². The molecule has 108 valence electrons. The summed E-state index contributed by atoms with van der Waals surface area (Å²) in [6, 6.07) is 2.39. The Labute approximate surface area is 125 Å². The highest BCUT2D eigenvalue weighted by Gasteiger charge is 2.22. The fraction of sp³-hybridized carbons (Fsp3) is 0.385. The lowest BCUT2D eigenvalue weighted by molar-refractivity contribution is 0.102. The van der Waals surface area contributed by atoms with Crippen LogP contribution in [0.25, 0.3) is 0 Å². The molecule has 1 aliphatic rings. The molecule has 0 saturated carbocycles. The Hall–Kier alpha value is -2.24. The van der Waals surface area contributed by atoms with Crippen LogP contribution < -0.4 is 10.6 Å². The third-order valence-electron chi connectivity index (χ3n) is 3.60. The first-order chi connectivity index (χ1) is 10.1. The number of anilines is 1.